The van der Waals surface area contributed by atoms with Gasteiger partial charge < -0.3 is 0 Å². The SMILES string of the molecule is CCC[C@H]1C(=O)N(S(C)(=O)=O)C2=CCN(S(=O)(=O)c3ccc(Cl)cc3)[C@@H]21. The molecular formula is C16H19ClN2O5S2. The van der Waals surface area contributed by atoms with Crippen molar-refractivity contribution in [1.82, 2.24) is 8.61 Å². The van der Waals surface area contributed by atoms with Crippen LogP contribution in [0.4, 0.5) is 0 Å². The first kappa shape index (κ1) is 19.3. The molecule has 3 rings (SSSR count). The Kier molecular flexibility index (Phi) is 4.93. The van der Waals surface area contributed by atoms with Crippen LogP contribution in [0, 0.1) is 5.92 Å². The summed E-state index contributed by atoms with van der Waals surface area (Å²) in [7, 11) is -7.72. The third kappa shape index (κ3) is 3.06. The minimum absolute atomic E-state index is 0.0183. The summed E-state index contributed by atoms with van der Waals surface area (Å²) in [5.41, 5.74) is 0.230. The van der Waals surface area contributed by atoms with E-state index in [1.807, 2.05) is 6.92 Å². The molecule has 7 nitrogen and oxygen atoms in total. The lowest BCUT2D eigenvalue weighted by Crippen LogP contribution is -2.41. The predicted molar refractivity (Wildman–Crippen MR) is 97.3 cm³/mol. The topological polar surface area (TPSA) is 91.8 Å². The average Bonchev–Trinajstić information content (AvgIpc) is 3.06. The molecule has 0 aliphatic carbocycles. The third-order valence-electron chi connectivity index (χ3n) is 4.58. The molecule has 10 heteroatoms. The standard InChI is InChI=1S/C16H19ClN2O5S2/c1-3-4-13-15-14(19(16(13)20)25(2,21)22)9-10-18(15)26(23,24)12-7-5-11(17)6-8-12/h5-9,13,15H,3-4,10H2,1-2H3/t13-,15-/m1/s1. The highest BCUT2D eigenvalue weighted by atomic mass is 35.5. The maximum absolute atomic E-state index is 13.1. The van der Waals surface area contributed by atoms with Gasteiger partial charge in [0, 0.05) is 11.6 Å². The largest absolute Gasteiger partial charge is 0.273 e. The number of carbonyl (C=O) groups is 1. The molecule has 0 radical (unpaired) electrons. The zero-order valence-electron chi connectivity index (χ0n) is 14.3. The van der Waals surface area contributed by atoms with Crippen LogP contribution in [-0.4, -0.2) is 50.2 Å². The van der Waals surface area contributed by atoms with Crippen LogP contribution in [0.2, 0.25) is 5.02 Å². The zero-order valence-corrected chi connectivity index (χ0v) is 16.7. The molecule has 142 valence electrons. The lowest BCUT2D eigenvalue weighted by Gasteiger charge is -2.26. The number of fused-ring (bicyclic) bond motifs is 1. The second kappa shape index (κ2) is 6.63. The fourth-order valence-electron chi connectivity index (χ4n) is 3.52. The number of hydrogen-bond acceptors (Lipinski definition) is 5. The van der Waals surface area contributed by atoms with E-state index in [4.69, 9.17) is 11.6 Å². The Balaban J connectivity index is 2.05. The van der Waals surface area contributed by atoms with E-state index in [1.54, 1.807) is 0 Å². The predicted octanol–water partition coefficient (Wildman–Crippen LogP) is 1.81. The van der Waals surface area contributed by atoms with Gasteiger partial charge in [0.05, 0.1) is 28.8 Å². The first-order valence-corrected chi connectivity index (χ1v) is 11.8. The van der Waals surface area contributed by atoms with Gasteiger partial charge in [-0.3, -0.25) is 4.79 Å². The molecule has 0 aromatic heterocycles. The maximum Gasteiger partial charge on any atom is 0.245 e. The van der Waals surface area contributed by atoms with Gasteiger partial charge in [0.1, 0.15) is 0 Å². The highest BCUT2D eigenvalue weighted by Gasteiger charge is 2.55. The van der Waals surface area contributed by atoms with Crippen LogP contribution in [0.1, 0.15) is 19.8 Å². The van der Waals surface area contributed by atoms with Crippen molar-refractivity contribution in [2.45, 2.75) is 30.7 Å². The van der Waals surface area contributed by atoms with Gasteiger partial charge in [0.15, 0.2) is 0 Å². The monoisotopic (exact) mass is 418 g/mol. The minimum Gasteiger partial charge on any atom is -0.273 e. The van der Waals surface area contributed by atoms with Gasteiger partial charge in [0.2, 0.25) is 26.0 Å². The Hall–Kier alpha value is -1.42. The molecule has 1 fully saturated rings. The van der Waals surface area contributed by atoms with Gasteiger partial charge in [-0.1, -0.05) is 24.9 Å². The summed E-state index contributed by atoms with van der Waals surface area (Å²) in [6.45, 7) is 1.89. The molecule has 1 amide bonds. The molecule has 2 aliphatic heterocycles. The van der Waals surface area contributed by atoms with Crippen molar-refractivity contribution >= 4 is 37.6 Å². The molecule has 0 N–H and O–H groups in total. The summed E-state index contributed by atoms with van der Waals surface area (Å²) in [4.78, 5) is 12.7. The number of amides is 1. The molecule has 1 saturated heterocycles. The summed E-state index contributed by atoms with van der Waals surface area (Å²) in [5, 5.41) is 0.410. The van der Waals surface area contributed by atoms with Gasteiger partial charge in [0.25, 0.3) is 0 Å². The van der Waals surface area contributed by atoms with Crippen molar-refractivity contribution in [2.75, 3.05) is 12.8 Å². The Bertz CT molecular complexity index is 970. The molecule has 0 unspecified atom stereocenters. The smallest absolute Gasteiger partial charge is 0.245 e. The minimum atomic E-state index is -3.90. The summed E-state index contributed by atoms with van der Waals surface area (Å²) >= 11 is 5.83. The van der Waals surface area contributed by atoms with E-state index in [9.17, 15) is 21.6 Å². The van der Waals surface area contributed by atoms with E-state index < -0.39 is 37.9 Å². The van der Waals surface area contributed by atoms with E-state index in [-0.39, 0.29) is 17.1 Å². The van der Waals surface area contributed by atoms with Crippen LogP contribution in [0.5, 0.6) is 0 Å². The lowest BCUT2D eigenvalue weighted by molar-refractivity contribution is -0.127. The molecule has 26 heavy (non-hydrogen) atoms. The molecule has 0 spiro atoms. The van der Waals surface area contributed by atoms with E-state index in [1.165, 1.54) is 34.6 Å². The zero-order chi connectivity index (χ0) is 19.3. The first-order chi connectivity index (χ1) is 12.1. The fraction of sp³-hybridized carbons (Fsp3) is 0.438. The molecule has 2 atom stereocenters. The van der Waals surface area contributed by atoms with E-state index in [0.717, 1.165) is 10.6 Å². The normalized spacial score (nSPS) is 24.0. The Labute approximate surface area is 158 Å². The molecule has 0 bridgehead atoms. The van der Waals surface area contributed by atoms with Crippen molar-refractivity contribution in [2.24, 2.45) is 5.92 Å². The molecule has 1 aromatic carbocycles. The van der Waals surface area contributed by atoms with Crippen LogP contribution in [0.3, 0.4) is 0 Å². The number of rotatable bonds is 5. The van der Waals surface area contributed by atoms with Crippen molar-refractivity contribution in [3.8, 4) is 0 Å². The van der Waals surface area contributed by atoms with Crippen LogP contribution in [0.15, 0.2) is 40.9 Å². The fourth-order valence-corrected chi connectivity index (χ4v) is 6.25. The molecule has 2 heterocycles. The number of hydrogen-bond donors (Lipinski definition) is 0. The lowest BCUT2D eigenvalue weighted by atomic mass is 9.97. The van der Waals surface area contributed by atoms with Gasteiger partial charge in [-0.25, -0.2) is 21.1 Å². The Morgan fingerprint density at radius 2 is 1.77 bits per heavy atom. The second-order valence-electron chi connectivity index (χ2n) is 6.36. The molecule has 2 aliphatic rings. The van der Waals surface area contributed by atoms with Crippen molar-refractivity contribution in [3.05, 3.63) is 41.1 Å². The van der Waals surface area contributed by atoms with E-state index in [2.05, 4.69) is 0 Å². The third-order valence-corrected chi connectivity index (χ3v) is 7.75. The Morgan fingerprint density at radius 1 is 1.15 bits per heavy atom. The summed E-state index contributed by atoms with van der Waals surface area (Å²) in [6.07, 6.45) is 3.49. The van der Waals surface area contributed by atoms with Gasteiger partial charge in [-0.2, -0.15) is 4.31 Å². The summed E-state index contributed by atoms with van der Waals surface area (Å²) in [5.74, 6) is -1.29. The summed E-state index contributed by atoms with van der Waals surface area (Å²) in [6, 6.07) is 4.94. The first-order valence-electron chi connectivity index (χ1n) is 8.10. The maximum atomic E-state index is 13.1. The van der Waals surface area contributed by atoms with Gasteiger partial charge in [-0.05, 0) is 36.8 Å². The number of benzene rings is 1. The number of carbonyl (C=O) groups excluding carboxylic acids is 1. The quantitative estimate of drug-likeness (QED) is 0.727. The number of halogens is 1. The highest BCUT2D eigenvalue weighted by molar-refractivity contribution is 7.89. The number of nitrogens with zero attached hydrogens (tertiary/aromatic N) is 2. The number of sulfonamides is 2. The van der Waals surface area contributed by atoms with Crippen molar-refractivity contribution < 1.29 is 21.6 Å². The van der Waals surface area contributed by atoms with Crippen LogP contribution < -0.4 is 0 Å². The second-order valence-corrected chi connectivity index (χ2v) is 10.5. The van der Waals surface area contributed by atoms with Crippen molar-refractivity contribution in [3.63, 3.8) is 0 Å². The molecule has 1 aromatic rings. The molecule has 0 saturated carbocycles. The average molecular weight is 419 g/mol. The van der Waals surface area contributed by atoms with Crippen LogP contribution in [-0.2, 0) is 24.8 Å². The summed E-state index contributed by atoms with van der Waals surface area (Å²) < 4.78 is 52.3. The van der Waals surface area contributed by atoms with Crippen LogP contribution >= 0.6 is 11.6 Å². The van der Waals surface area contributed by atoms with Gasteiger partial charge in [-0.15, -0.1) is 0 Å². The van der Waals surface area contributed by atoms with E-state index >= 15 is 0 Å². The Morgan fingerprint density at radius 3 is 2.31 bits per heavy atom. The van der Waals surface area contributed by atoms with Crippen molar-refractivity contribution in [1.29, 1.82) is 0 Å². The van der Waals surface area contributed by atoms with Crippen LogP contribution in [0.25, 0.3) is 0 Å². The highest BCUT2D eigenvalue weighted by Crippen LogP contribution is 2.42. The molecular weight excluding hydrogens is 400 g/mol. The van der Waals surface area contributed by atoms with E-state index in [0.29, 0.717) is 17.9 Å². The van der Waals surface area contributed by atoms with Gasteiger partial charge >= 0.3 is 0 Å².